The van der Waals surface area contributed by atoms with Gasteiger partial charge in [0.15, 0.2) is 0 Å². The Bertz CT molecular complexity index is 1340. The molecule has 2 aromatic carbocycles. The topological polar surface area (TPSA) is 45.1 Å². The third kappa shape index (κ3) is 4.45. The summed E-state index contributed by atoms with van der Waals surface area (Å²) in [5.74, 6) is 3.35. The van der Waals surface area contributed by atoms with Crippen molar-refractivity contribution >= 4 is 11.4 Å². The van der Waals surface area contributed by atoms with Crippen LogP contribution in [0.1, 0.15) is 90.2 Å². The van der Waals surface area contributed by atoms with E-state index in [-0.39, 0.29) is 28.8 Å². The summed E-state index contributed by atoms with van der Waals surface area (Å²) >= 11 is 0. The summed E-state index contributed by atoms with van der Waals surface area (Å²) in [7, 11) is 0. The number of halogens is 1. The largest absolute Gasteiger partial charge is 0.494 e. The molecule has 0 bridgehead atoms. The Morgan fingerprint density at radius 2 is 1.73 bits per heavy atom. The van der Waals surface area contributed by atoms with Gasteiger partial charge in [-0.25, -0.2) is 4.39 Å². The van der Waals surface area contributed by atoms with Gasteiger partial charge in [0.25, 0.3) is 0 Å². The molecule has 5 heteroatoms. The molecule has 0 spiro atoms. The first-order valence-electron chi connectivity index (χ1n) is 16.0. The Kier molecular flexibility index (Phi) is 6.80. The lowest BCUT2D eigenvalue weighted by Gasteiger charge is -2.58. The second kappa shape index (κ2) is 10.3. The predicted octanol–water partition coefficient (Wildman–Crippen LogP) is 8.47. The number of benzene rings is 2. The molecule has 0 aromatic heterocycles. The van der Waals surface area contributed by atoms with Crippen molar-refractivity contribution in [3.8, 4) is 5.75 Å². The molecule has 41 heavy (non-hydrogen) atoms. The molecule has 1 heterocycles. The summed E-state index contributed by atoms with van der Waals surface area (Å²) in [5.41, 5.74) is 5.57. The first-order chi connectivity index (χ1) is 19.8. The molecule has 3 fully saturated rings. The maximum absolute atomic E-state index is 13.9. The van der Waals surface area contributed by atoms with Crippen molar-refractivity contribution in [3.05, 3.63) is 71.6 Å². The minimum Gasteiger partial charge on any atom is -0.494 e. The highest BCUT2D eigenvalue weighted by Crippen LogP contribution is 2.67. The van der Waals surface area contributed by atoms with Crippen LogP contribution in [0.25, 0.3) is 0 Å². The van der Waals surface area contributed by atoms with Gasteiger partial charge in [-0.3, -0.25) is 5.01 Å². The lowest BCUT2D eigenvalue weighted by atomic mass is 9.47. The molecule has 0 saturated heterocycles. The Labute approximate surface area is 244 Å². The van der Waals surface area contributed by atoms with Gasteiger partial charge in [0, 0.05) is 18.1 Å². The van der Waals surface area contributed by atoms with Gasteiger partial charge in [0.1, 0.15) is 11.6 Å². The number of aliphatic hydroxyl groups is 1. The fourth-order valence-electron chi connectivity index (χ4n) is 9.98. The zero-order valence-corrected chi connectivity index (χ0v) is 24.9. The first-order valence-corrected chi connectivity index (χ1v) is 16.0. The molecular weight excluding hydrogens is 511 g/mol. The number of hydrazone groups is 1. The number of nitrogens with zero attached hydrogens (tertiary/aromatic N) is 2. The van der Waals surface area contributed by atoms with Gasteiger partial charge >= 0.3 is 0 Å². The quantitative estimate of drug-likeness (QED) is 0.376. The molecular formula is C36H45FN2O2. The minimum atomic E-state index is -0.219. The number of hydrogen-bond acceptors (Lipinski definition) is 4. The number of rotatable bonds is 5. The summed E-state index contributed by atoms with van der Waals surface area (Å²) in [6.07, 6.45) is 12.5. The summed E-state index contributed by atoms with van der Waals surface area (Å²) < 4.78 is 19.6. The van der Waals surface area contributed by atoms with Gasteiger partial charge in [-0.1, -0.05) is 37.6 Å². The number of ether oxygens (including phenoxy) is 1. The highest BCUT2D eigenvalue weighted by molar-refractivity contribution is 5.92. The lowest BCUT2D eigenvalue weighted by Crippen LogP contribution is -2.51. The molecule has 8 atom stereocenters. The Hall–Kier alpha value is -2.66. The number of aliphatic hydroxyl groups excluding tert-OH is 1. The molecule has 1 aliphatic heterocycles. The van der Waals surface area contributed by atoms with Gasteiger partial charge in [0.2, 0.25) is 0 Å². The zero-order chi connectivity index (χ0) is 28.4. The molecule has 4 nitrogen and oxygen atoms in total. The molecule has 2 aromatic rings. The maximum Gasteiger partial charge on any atom is 0.123 e. The summed E-state index contributed by atoms with van der Waals surface area (Å²) in [6, 6.07) is 15.4. The molecule has 5 aliphatic rings. The van der Waals surface area contributed by atoms with E-state index in [1.807, 2.05) is 19.1 Å². The van der Waals surface area contributed by atoms with Crippen LogP contribution in [-0.2, 0) is 0 Å². The molecule has 4 aliphatic carbocycles. The van der Waals surface area contributed by atoms with Crippen LogP contribution >= 0.6 is 0 Å². The van der Waals surface area contributed by atoms with Crippen LogP contribution in [0.15, 0.2) is 65.3 Å². The second-order valence-corrected chi connectivity index (χ2v) is 14.0. The average Bonchev–Trinajstić information content (AvgIpc) is 3.56. The van der Waals surface area contributed by atoms with Gasteiger partial charge in [-0.2, -0.15) is 5.10 Å². The Balaban J connectivity index is 1.18. The van der Waals surface area contributed by atoms with Gasteiger partial charge < -0.3 is 9.84 Å². The monoisotopic (exact) mass is 556 g/mol. The standard InChI is InChI=1S/C36H45FN2O2/c1-4-41-28-12-5-23(6-13-28)34-22-33(38-39(34)26-10-8-25(37)9-11-26)32-16-15-30-29-14-7-24-21-27(40)17-19-35(24,2)31(29)18-20-36(30,32)3/h5-13,27,29-32,34,40H,4,14-22H2,1-3H3/t27-,29-,30-,31-,32+,34?,35-,36-/m0/s1. The SMILES string of the molecule is CCOc1ccc(C2CC([C@H]3CC[C@H]4[C@@H]5CC=C6C[C@@H](O)CC[C@]6(C)[C@H]5CC[C@]34C)=NN2c2ccc(F)cc2)cc1. The molecule has 0 radical (unpaired) electrons. The van der Waals surface area contributed by atoms with E-state index in [4.69, 9.17) is 9.84 Å². The number of hydrogen-bond donors (Lipinski definition) is 1. The summed E-state index contributed by atoms with van der Waals surface area (Å²) in [6.45, 7) is 7.75. The van der Waals surface area contributed by atoms with Crippen molar-refractivity contribution in [2.45, 2.75) is 90.7 Å². The van der Waals surface area contributed by atoms with E-state index in [1.165, 1.54) is 43.4 Å². The number of anilines is 1. The fourth-order valence-corrected chi connectivity index (χ4v) is 9.98. The molecule has 1 unspecified atom stereocenters. The minimum absolute atomic E-state index is 0.0953. The predicted molar refractivity (Wildman–Crippen MR) is 162 cm³/mol. The Morgan fingerprint density at radius 3 is 2.49 bits per heavy atom. The van der Waals surface area contributed by atoms with Gasteiger partial charge in [0.05, 0.1) is 24.4 Å². The van der Waals surface area contributed by atoms with E-state index >= 15 is 0 Å². The van der Waals surface area contributed by atoms with Crippen LogP contribution in [0.4, 0.5) is 10.1 Å². The number of allylic oxidation sites excluding steroid dienone is 1. The summed E-state index contributed by atoms with van der Waals surface area (Å²) in [4.78, 5) is 0. The first kappa shape index (κ1) is 27.2. The Morgan fingerprint density at radius 1 is 0.951 bits per heavy atom. The van der Waals surface area contributed by atoms with Crippen LogP contribution in [0, 0.1) is 40.3 Å². The second-order valence-electron chi connectivity index (χ2n) is 14.0. The highest BCUT2D eigenvalue weighted by atomic mass is 19.1. The van der Waals surface area contributed by atoms with Crippen LogP contribution in [-0.4, -0.2) is 23.5 Å². The van der Waals surface area contributed by atoms with Crippen molar-refractivity contribution < 1.29 is 14.2 Å². The van der Waals surface area contributed by atoms with Crippen molar-refractivity contribution in [1.82, 2.24) is 0 Å². The molecule has 1 N–H and O–H groups in total. The molecule has 0 amide bonds. The maximum atomic E-state index is 13.9. The van der Waals surface area contributed by atoms with E-state index in [9.17, 15) is 9.50 Å². The van der Waals surface area contributed by atoms with E-state index in [0.717, 1.165) is 54.9 Å². The average molecular weight is 557 g/mol. The smallest absolute Gasteiger partial charge is 0.123 e. The van der Waals surface area contributed by atoms with Crippen LogP contribution in [0.2, 0.25) is 0 Å². The molecule has 218 valence electrons. The van der Waals surface area contributed by atoms with E-state index in [1.54, 1.807) is 17.7 Å². The lowest BCUT2D eigenvalue weighted by molar-refractivity contribution is -0.0424. The van der Waals surface area contributed by atoms with Crippen molar-refractivity contribution in [2.24, 2.45) is 39.6 Å². The van der Waals surface area contributed by atoms with E-state index < -0.39 is 0 Å². The highest BCUT2D eigenvalue weighted by Gasteiger charge is 2.59. The van der Waals surface area contributed by atoms with Crippen molar-refractivity contribution in [2.75, 3.05) is 11.6 Å². The normalized spacial score (nSPS) is 38.0. The van der Waals surface area contributed by atoms with Crippen molar-refractivity contribution in [1.29, 1.82) is 0 Å². The fraction of sp³-hybridized carbons (Fsp3) is 0.583. The van der Waals surface area contributed by atoms with Crippen LogP contribution in [0.3, 0.4) is 0 Å². The van der Waals surface area contributed by atoms with Gasteiger partial charge in [-0.15, -0.1) is 0 Å². The van der Waals surface area contributed by atoms with E-state index in [0.29, 0.717) is 12.5 Å². The van der Waals surface area contributed by atoms with E-state index in [2.05, 4.69) is 49.2 Å². The van der Waals surface area contributed by atoms with Gasteiger partial charge in [-0.05, 0) is 129 Å². The van der Waals surface area contributed by atoms with Crippen LogP contribution < -0.4 is 9.75 Å². The van der Waals surface area contributed by atoms with Crippen LogP contribution in [0.5, 0.6) is 5.75 Å². The number of fused-ring (bicyclic) bond motifs is 5. The zero-order valence-electron chi connectivity index (χ0n) is 24.9. The van der Waals surface area contributed by atoms with Crippen molar-refractivity contribution in [3.63, 3.8) is 0 Å². The third-order valence-corrected chi connectivity index (χ3v) is 12.1. The molecule has 7 rings (SSSR count). The summed E-state index contributed by atoms with van der Waals surface area (Å²) in [5, 5.41) is 17.9. The molecule has 3 saturated carbocycles. The third-order valence-electron chi connectivity index (χ3n) is 12.1.